The predicted octanol–water partition coefficient (Wildman–Crippen LogP) is 0.438. The first kappa shape index (κ1) is 14.7. The van der Waals surface area contributed by atoms with E-state index in [4.69, 9.17) is 9.47 Å². The van der Waals surface area contributed by atoms with Crippen LogP contribution >= 0.6 is 0 Å². The summed E-state index contributed by atoms with van der Waals surface area (Å²) in [5.41, 5.74) is -0.430. The van der Waals surface area contributed by atoms with E-state index in [0.29, 0.717) is 32.1 Å². The van der Waals surface area contributed by atoms with Crippen molar-refractivity contribution in [3.8, 4) is 6.01 Å². The summed E-state index contributed by atoms with van der Waals surface area (Å²) in [7, 11) is -3.18. The monoisotopic (exact) mass is 313 g/mol. The first-order valence-corrected chi connectivity index (χ1v) is 8.84. The molecule has 0 aromatic carbocycles. The highest BCUT2D eigenvalue weighted by atomic mass is 32.2. The molecule has 0 N–H and O–H groups in total. The van der Waals surface area contributed by atoms with Gasteiger partial charge in [0, 0.05) is 31.9 Å². The van der Waals surface area contributed by atoms with Crippen molar-refractivity contribution < 1.29 is 17.9 Å². The summed E-state index contributed by atoms with van der Waals surface area (Å²) in [5, 5.41) is 0. The van der Waals surface area contributed by atoms with Crippen LogP contribution < -0.4 is 4.74 Å². The minimum absolute atomic E-state index is 0.132. The first-order valence-electron chi connectivity index (χ1n) is 7.00. The van der Waals surface area contributed by atoms with Crippen LogP contribution in [0.1, 0.15) is 19.3 Å². The molecule has 0 aliphatic carbocycles. The lowest BCUT2D eigenvalue weighted by atomic mass is 9.90. The van der Waals surface area contributed by atoms with Crippen LogP contribution in [-0.2, 0) is 14.8 Å². The zero-order valence-electron chi connectivity index (χ0n) is 11.9. The third-order valence-electron chi connectivity index (χ3n) is 3.96. The standard InChI is InChI=1S/C13H19N3O4S/c1-21(17,18)16-7-2-4-13(10-16)8-11(9-19-13)20-12-14-5-3-6-15-12/h3,5-6,11H,2,4,7-10H2,1H3/t11-,13+/m1/s1. The molecule has 2 fully saturated rings. The number of hydrogen-bond acceptors (Lipinski definition) is 6. The van der Waals surface area contributed by atoms with Crippen molar-refractivity contribution in [1.29, 1.82) is 0 Å². The van der Waals surface area contributed by atoms with Crippen molar-refractivity contribution in [1.82, 2.24) is 14.3 Å². The Hall–Kier alpha value is -1.25. The van der Waals surface area contributed by atoms with Gasteiger partial charge < -0.3 is 9.47 Å². The Balaban J connectivity index is 1.65. The van der Waals surface area contributed by atoms with Gasteiger partial charge in [0.25, 0.3) is 0 Å². The van der Waals surface area contributed by atoms with Gasteiger partial charge in [0.2, 0.25) is 10.0 Å². The molecule has 3 heterocycles. The molecule has 2 aliphatic rings. The second-order valence-corrected chi connectivity index (χ2v) is 7.65. The van der Waals surface area contributed by atoms with Crippen LogP contribution in [0.15, 0.2) is 18.5 Å². The SMILES string of the molecule is CS(=O)(=O)N1CCC[C@]2(C[C@@H](Oc3ncccn3)CO2)C1. The quantitative estimate of drug-likeness (QED) is 0.805. The third kappa shape index (κ3) is 3.33. The minimum Gasteiger partial charge on any atom is -0.458 e. The van der Waals surface area contributed by atoms with E-state index in [-0.39, 0.29) is 6.10 Å². The van der Waals surface area contributed by atoms with Gasteiger partial charge in [-0.1, -0.05) is 0 Å². The Kier molecular flexibility index (Phi) is 3.85. The van der Waals surface area contributed by atoms with E-state index in [0.717, 1.165) is 12.8 Å². The highest BCUT2D eigenvalue weighted by molar-refractivity contribution is 7.88. The molecular formula is C13H19N3O4S. The first-order chi connectivity index (χ1) is 9.97. The van der Waals surface area contributed by atoms with Crippen molar-refractivity contribution >= 4 is 10.0 Å². The van der Waals surface area contributed by atoms with Crippen molar-refractivity contribution in [3.63, 3.8) is 0 Å². The molecule has 21 heavy (non-hydrogen) atoms. The molecule has 0 unspecified atom stereocenters. The smallest absolute Gasteiger partial charge is 0.316 e. The van der Waals surface area contributed by atoms with Gasteiger partial charge in [-0.2, -0.15) is 4.31 Å². The van der Waals surface area contributed by atoms with Gasteiger partial charge in [-0.05, 0) is 18.9 Å². The van der Waals surface area contributed by atoms with Crippen LogP contribution in [0, 0.1) is 0 Å². The van der Waals surface area contributed by atoms with Crippen LogP contribution in [0.25, 0.3) is 0 Å². The maximum absolute atomic E-state index is 11.7. The van der Waals surface area contributed by atoms with E-state index in [1.54, 1.807) is 18.5 Å². The fourth-order valence-corrected chi connectivity index (χ4v) is 3.93. The fourth-order valence-electron chi connectivity index (χ4n) is 3.00. The molecule has 8 heteroatoms. The molecule has 2 saturated heterocycles. The average Bonchev–Trinajstić information content (AvgIpc) is 2.81. The van der Waals surface area contributed by atoms with Crippen molar-refractivity contribution in [2.75, 3.05) is 26.0 Å². The average molecular weight is 313 g/mol. The topological polar surface area (TPSA) is 81.6 Å². The molecule has 1 aromatic heterocycles. The highest BCUT2D eigenvalue weighted by Crippen LogP contribution is 2.36. The predicted molar refractivity (Wildman–Crippen MR) is 75.4 cm³/mol. The van der Waals surface area contributed by atoms with Gasteiger partial charge in [-0.25, -0.2) is 18.4 Å². The lowest BCUT2D eigenvalue weighted by Gasteiger charge is -2.38. The summed E-state index contributed by atoms with van der Waals surface area (Å²) < 4.78 is 36.5. The number of ether oxygens (including phenoxy) is 2. The van der Waals surface area contributed by atoms with Crippen LogP contribution in [0.3, 0.4) is 0 Å². The Labute approximate surface area is 124 Å². The molecule has 0 amide bonds. The highest BCUT2D eigenvalue weighted by Gasteiger charge is 2.46. The second-order valence-electron chi connectivity index (χ2n) is 5.67. The van der Waals surface area contributed by atoms with Gasteiger partial charge in [0.15, 0.2) is 0 Å². The van der Waals surface area contributed by atoms with E-state index in [9.17, 15) is 8.42 Å². The van der Waals surface area contributed by atoms with Gasteiger partial charge in [-0.3, -0.25) is 0 Å². The summed E-state index contributed by atoms with van der Waals surface area (Å²) in [5.74, 6) is 0. The number of nitrogens with zero attached hydrogens (tertiary/aromatic N) is 3. The maximum atomic E-state index is 11.7. The van der Waals surface area contributed by atoms with Gasteiger partial charge in [-0.15, -0.1) is 0 Å². The number of hydrogen-bond donors (Lipinski definition) is 0. The van der Waals surface area contributed by atoms with E-state index in [1.807, 2.05) is 0 Å². The van der Waals surface area contributed by atoms with Crippen molar-refractivity contribution in [2.24, 2.45) is 0 Å². The molecule has 1 spiro atoms. The Morgan fingerprint density at radius 2 is 2.19 bits per heavy atom. The molecule has 2 aliphatic heterocycles. The van der Waals surface area contributed by atoms with E-state index in [2.05, 4.69) is 9.97 Å². The lowest BCUT2D eigenvalue weighted by molar-refractivity contribution is -0.0338. The molecule has 1 aromatic rings. The van der Waals surface area contributed by atoms with Crippen molar-refractivity contribution in [3.05, 3.63) is 18.5 Å². The Morgan fingerprint density at radius 1 is 1.43 bits per heavy atom. The number of rotatable bonds is 3. The second kappa shape index (κ2) is 5.51. The van der Waals surface area contributed by atoms with Crippen LogP contribution in [0.4, 0.5) is 0 Å². The van der Waals surface area contributed by atoms with Crippen molar-refractivity contribution in [2.45, 2.75) is 31.0 Å². The number of aromatic nitrogens is 2. The normalized spacial score (nSPS) is 30.6. The lowest BCUT2D eigenvalue weighted by Crippen LogP contribution is -2.49. The molecule has 7 nitrogen and oxygen atoms in total. The van der Waals surface area contributed by atoms with E-state index >= 15 is 0 Å². The van der Waals surface area contributed by atoms with Crippen LogP contribution in [-0.4, -0.2) is 60.3 Å². The molecule has 3 rings (SSSR count). The molecule has 0 radical (unpaired) electrons. The van der Waals surface area contributed by atoms with Crippen LogP contribution in [0.5, 0.6) is 6.01 Å². The minimum atomic E-state index is -3.18. The Bertz CT molecular complexity index is 595. The fraction of sp³-hybridized carbons (Fsp3) is 0.692. The maximum Gasteiger partial charge on any atom is 0.316 e. The Morgan fingerprint density at radius 3 is 2.90 bits per heavy atom. The van der Waals surface area contributed by atoms with E-state index < -0.39 is 15.6 Å². The molecule has 2 atom stereocenters. The van der Waals surface area contributed by atoms with Gasteiger partial charge in [0.05, 0.1) is 18.5 Å². The molecule has 0 saturated carbocycles. The summed E-state index contributed by atoms with van der Waals surface area (Å²) in [6, 6.07) is 2.06. The van der Waals surface area contributed by atoms with Gasteiger partial charge >= 0.3 is 6.01 Å². The molecule has 0 bridgehead atoms. The summed E-state index contributed by atoms with van der Waals surface area (Å²) in [4.78, 5) is 8.07. The van der Waals surface area contributed by atoms with Crippen LogP contribution in [0.2, 0.25) is 0 Å². The molecular weight excluding hydrogens is 294 g/mol. The van der Waals surface area contributed by atoms with E-state index in [1.165, 1.54) is 10.6 Å². The number of piperidine rings is 1. The van der Waals surface area contributed by atoms with Gasteiger partial charge in [0.1, 0.15) is 6.10 Å². The largest absolute Gasteiger partial charge is 0.458 e. The number of sulfonamides is 1. The summed E-state index contributed by atoms with van der Waals surface area (Å²) >= 11 is 0. The zero-order valence-corrected chi connectivity index (χ0v) is 12.8. The third-order valence-corrected chi connectivity index (χ3v) is 5.21. The zero-order chi connectivity index (χ0) is 14.9. The molecule has 116 valence electrons. The summed E-state index contributed by atoms with van der Waals surface area (Å²) in [6.45, 7) is 1.41. The summed E-state index contributed by atoms with van der Waals surface area (Å²) in [6.07, 6.45) is 6.69.